The number of fused-ring (bicyclic) bond motifs is 1. The molecular formula is C19H20N2S. The van der Waals surface area contributed by atoms with Crippen molar-refractivity contribution in [2.45, 2.75) is 13.8 Å². The van der Waals surface area contributed by atoms with Crippen LogP contribution in [0.1, 0.15) is 24.4 Å². The molecule has 112 valence electrons. The van der Waals surface area contributed by atoms with Gasteiger partial charge < -0.3 is 4.90 Å². The largest absolute Gasteiger partial charge is 0.372 e. The summed E-state index contributed by atoms with van der Waals surface area (Å²) in [5.41, 5.74) is 3.55. The van der Waals surface area contributed by atoms with Crippen molar-refractivity contribution >= 4 is 39.4 Å². The first kappa shape index (κ1) is 14.8. The molecule has 0 N–H and O–H groups in total. The second kappa shape index (κ2) is 6.75. The molecule has 3 rings (SSSR count). The van der Waals surface area contributed by atoms with E-state index in [0.717, 1.165) is 23.6 Å². The molecule has 0 fully saturated rings. The lowest BCUT2D eigenvalue weighted by atomic mass is 10.2. The van der Waals surface area contributed by atoms with Crippen LogP contribution in [0.25, 0.3) is 22.4 Å². The predicted octanol–water partition coefficient (Wildman–Crippen LogP) is 5.31. The fourth-order valence-corrected chi connectivity index (χ4v) is 3.42. The third-order valence-corrected chi connectivity index (χ3v) is 4.72. The Morgan fingerprint density at radius 1 is 1.00 bits per heavy atom. The summed E-state index contributed by atoms with van der Waals surface area (Å²) in [7, 11) is 0. The Hall–Kier alpha value is -2.13. The van der Waals surface area contributed by atoms with Gasteiger partial charge in [-0.05, 0) is 43.7 Å². The highest BCUT2D eigenvalue weighted by Crippen LogP contribution is 2.28. The number of anilines is 1. The predicted molar refractivity (Wildman–Crippen MR) is 98.6 cm³/mol. The summed E-state index contributed by atoms with van der Waals surface area (Å²) in [6, 6.07) is 16.9. The van der Waals surface area contributed by atoms with Crippen molar-refractivity contribution in [3.63, 3.8) is 0 Å². The molecule has 0 unspecified atom stereocenters. The molecule has 1 heterocycles. The van der Waals surface area contributed by atoms with Gasteiger partial charge in [-0.2, -0.15) is 0 Å². The van der Waals surface area contributed by atoms with Crippen molar-refractivity contribution in [1.29, 1.82) is 0 Å². The molecule has 3 aromatic rings. The van der Waals surface area contributed by atoms with Gasteiger partial charge in [0.1, 0.15) is 5.01 Å². The number of hydrogen-bond donors (Lipinski definition) is 0. The van der Waals surface area contributed by atoms with Gasteiger partial charge >= 0.3 is 0 Å². The summed E-state index contributed by atoms with van der Waals surface area (Å²) >= 11 is 1.74. The molecule has 0 spiro atoms. The van der Waals surface area contributed by atoms with Crippen molar-refractivity contribution in [2.75, 3.05) is 18.0 Å². The van der Waals surface area contributed by atoms with E-state index in [9.17, 15) is 0 Å². The van der Waals surface area contributed by atoms with Gasteiger partial charge in [-0.1, -0.05) is 36.4 Å². The van der Waals surface area contributed by atoms with E-state index in [1.165, 1.54) is 16.0 Å². The van der Waals surface area contributed by atoms with Crippen molar-refractivity contribution in [3.8, 4) is 0 Å². The highest BCUT2D eigenvalue weighted by Gasteiger charge is 2.06. The van der Waals surface area contributed by atoms with E-state index in [2.05, 4.69) is 61.2 Å². The van der Waals surface area contributed by atoms with Crippen LogP contribution >= 0.6 is 11.3 Å². The van der Waals surface area contributed by atoms with Crippen LogP contribution in [0.5, 0.6) is 0 Å². The molecule has 0 aliphatic rings. The third-order valence-electron chi connectivity index (χ3n) is 3.74. The molecule has 0 radical (unpaired) electrons. The zero-order valence-electron chi connectivity index (χ0n) is 13.0. The Morgan fingerprint density at radius 2 is 1.77 bits per heavy atom. The Kier molecular flexibility index (Phi) is 4.54. The molecule has 2 nitrogen and oxygen atoms in total. The minimum absolute atomic E-state index is 1.03. The fourth-order valence-electron chi connectivity index (χ4n) is 2.52. The maximum absolute atomic E-state index is 4.69. The van der Waals surface area contributed by atoms with E-state index in [-0.39, 0.29) is 0 Å². The molecule has 0 bridgehead atoms. The second-order valence-electron chi connectivity index (χ2n) is 5.12. The van der Waals surface area contributed by atoms with Gasteiger partial charge in [0.05, 0.1) is 10.2 Å². The van der Waals surface area contributed by atoms with Crippen LogP contribution in [0.2, 0.25) is 0 Å². The number of aromatic nitrogens is 1. The Morgan fingerprint density at radius 3 is 2.50 bits per heavy atom. The first-order valence-corrected chi connectivity index (χ1v) is 8.50. The first-order chi connectivity index (χ1) is 10.8. The quantitative estimate of drug-likeness (QED) is 0.634. The number of benzene rings is 2. The fraction of sp³-hybridized carbons (Fsp3) is 0.211. The molecular weight excluding hydrogens is 288 g/mol. The summed E-state index contributed by atoms with van der Waals surface area (Å²) in [5, 5.41) is 1.05. The second-order valence-corrected chi connectivity index (χ2v) is 6.18. The van der Waals surface area contributed by atoms with Gasteiger partial charge in [-0.25, -0.2) is 4.98 Å². The highest BCUT2D eigenvalue weighted by molar-refractivity contribution is 7.19. The number of rotatable bonds is 5. The summed E-state index contributed by atoms with van der Waals surface area (Å²) < 4.78 is 1.25. The van der Waals surface area contributed by atoms with Crippen LogP contribution in [-0.2, 0) is 0 Å². The topological polar surface area (TPSA) is 16.1 Å². The van der Waals surface area contributed by atoms with Crippen molar-refractivity contribution < 1.29 is 0 Å². The highest BCUT2D eigenvalue weighted by atomic mass is 32.1. The van der Waals surface area contributed by atoms with Gasteiger partial charge in [0.2, 0.25) is 0 Å². The van der Waals surface area contributed by atoms with Gasteiger partial charge in [-0.3, -0.25) is 0 Å². The Bertz CT molecular complexity index is 770. The molecule has 0 saturated heterocycles. The molecule has 1 aromatic heterocycles. The van der Waals surface area contributed by atoms with E-state index in [0.29, 0.717) is 0 Å². The third kappa shape index (κ3) is 3.20. The van der Waals surface area contributed by atoms with Crippen molar-refractivity contribution in [2.24, 2.45) is 0 Å². The normalized spacial score (nSPS) is 11.4. The van der Waals surface area contributed by atoms with Crippen LogP contribution in [0, 0.1) is 0 Å². The standard InChI is InChI=1S/C19H20N2S/c1-3-21(4-2)16-11-12-17-18(14-16)22-19(20-17)13-10-15-8-6-5-7-9-15/h5-14H,3-4H2,1-2H3/b13-10+. The number of nitrogens with zero attached hydrogens (tertiary/aromatic N) is 2. The van der Waals surface area contributed by atoms with Crippen LogP contribution in [0.3, 0.4) is 0 Å². The maximum Gasteiger partial charge on any atom is 0.117 e. The maximum atomic E-state index is 4.69. The van der Waals surface area contributed by atoms with Crippen LogP contribution in [0.4, 0.5) is 5.69 Å². The lowest BCUT2D eigenvalue weighted by molar-refractivity contribution is 0.867. The molecule has 2 aromatic carbocycles. The van der Waals surface area contributed by atoms with Gasteiger partial charge in [0.25, 0.3) is 0 Å². The lowest BCUT2D eigenvalue weighted by Gasteiger charge is -2.20. The van der Waals surface area contributed by atoms with Gasteiger partial charge in [-0.15, -0.1) is 11.3 Å². The molecule has 22 heavy (non-hydrogen) atoms. The van der Waals surface area contributed by atoms with Gasteiger partial charge in [0.15, 0.2) is 0 Å². The zero-order chi connectivity index (χ0) is 15.4. The molecule has 0 aliphatic heterocycles. The van der Waals surface area contributed by atoms with Gasteiger partial charge in [0, 0.05) is 18.8 Å². The van der Waals surface area contributed by atoms with E-state index < -0.39 is 0 Å². The summed E-state index contributed by atoms with van der Waals surface area (Å²) in [4.78, 5) is 7.05. The first-order valence-electron chi connectivity index (χ1n) is 7.69. The van der Waals surface area contributed by atoms with Crippen LogP contribution < -0.4 is 4.90 Å². The SMILES string of the molecule is CCN(CC)c1ccc2nc(/C=C/c3ccccc3)sc2c1. The summed E-state index contributed by atoms with van der Waals surface area (Å²) in [6.45, 7) is 6.44. The zero-order valence-corrected chi connectivity index (χ0v) is 13.8. The molecule has 0 amide bonds. The Balaban J connectivity index is 1.88. The summed E-state index contributed by atoms with van der Waals surface area (Å²) in [5.74, 6) is 0. The Labute approximate surface area is 135 Å². The minimum Gasteiger partial charge on any atom is -0.372 e. The molecule has 0 saturated carbocycles. The average Bonchev–Trinajstić information content (AvgIpc) is 2.97. The average molecular weight is 308 g/mol. The minimum atomic E-state index is 1.03. The smallest absolute Gasteiger partial charge is 0.117 e. The van der Waals surface area contributed by atoms with Crippen LogP contribution in [-0.4, -0.2) is 18.1 Å². The van der Waals surface area contributed by atoms with Crippen molar-refractivity contribution in [3.05, 3.63) is 59.1 Å². The van der Waals surface area contributed by atoms with Crippen molar-refractivity contribution in [1.82, 2.24) is 4.98 Å². The van der Waals surface area contributed by atoms with Crippen LogP contribution in [0.15, 0.2) is 48.5 Å². The summed E-state index contributed by atoms with van der Waals surface area (Å²) in [6.07, 6.45) is 4.21. The lowest BCUT2D eigenvalue weighted by Crippen LogP contribution is -2.21. The molecule has 3 heteroatoms. The number of hydrogen-bond acceptors (Lipinski definition) is 3. The van der Waals surface area contributed by atoms with E-state index >= 15 is 0 Å². The van der Waals surface area contributed by atoms with E-state index in [1.54, 1.807) is 11.3 Å². The monoisotopic (exact) mass is 308 g/mol. The van der Waals surface area contributed by atoms with E-state index in [1.807, 2.05) is 18.2 Å². The molecule has 0 atom stereocenters. The van der Waals surface area contributed by atoms with E-state index in [4.69, 9.17) is 4.98 Å². The molecule has 0 aliphatic carbocycles. The number of thiazole rings is 1.